The average molecular weight is 349 g/mol. The van der Waals surface area contributed by atoms with Gasteiger partial charge in [-0.1, -0.05) is 44.2 Å². The van der Waals surface area contributed by atoms with E-state index in [1.54, 1.807) is 0 Å². The summed E-state index contributed by atoms with van der Waals surface area (Å²) in [7, 11) is 0. The summed E-state index contributed by atoms with van der Waals surface area (Å²) in [6, 6.07) is 9.83. The van der Waals surface area contributed by atoms with E-state index < -0.39 is 22.8 Å². The molecule has 0 radical (unpaired) electrons. The van der Waals surface area contributed by atoms with Gasteiger partial charge in [-0.3, -0.25) is 4.79 Å². The molecule has 0 spiro atoms. The van der Waals surface area contributed by atoms with Gasteiger partial charge in [-0.25, -0.2) is 4.79 Å². The predicted molar refractivity (Wildman–Crippen MR) is 93.3 cm³/mol. The number of aliphatic carboxylic acids is 1. The standard InChI is InChI=1S/C19H27NO5/c1-4-25-15-12-19(17(22)23,18(15,2)3)20-16(21)13-24-11-10-14-8-6-5-7-9-14/h5-9,15H,4,10-13H2,1-3H3,(H,20,21)(H,22,23). The van der Waals surface area contributed by atoms with Gasteiger partial charge in [0.1, 0.15) is 12.1 Å². The van der Waals surface area contributed by atoms with Crippen molar-refractivity contribution in [1.82, 2.24) is 5.32 Å². The number of carboxylic acids is 1. The first-order chi connectivity index (χ1) is 11.8. The van der Waals surface area contributed by atoms with Gasteiger partial charge < -0.3 is 19.9 Å². The molecule has 25 heavy (non-hydrogen) atoms. The Hall–Kier alpha value is -1.92. The molecule has 1 saturated carbocycles. The van der Waals surface area contributed by atoms with Crippen molar-refractivity contribution in [2.45, 2.75) is 45.3 Å². The third-order valence-corrected chi connectivity index (χ3v) is 5.09. The first kappa shape index (κ1) is 19.4. The second-order valence-electron chi connectivity index (χ2n) is 6.92. The Kier molecular flexibility index (Phi) is 6.19. The molecule has 1 fully saturated rings. The number of carboxylic acid groups (broad SMARTS) is 1. The van der Waals surface area contributed by atoms with Crippen LogP contribution in [0.1, 0.15) is 32.8 Å². The number of carbonyl (C=O) groups is 2. The fourth-order valence-corrected chi connectivity index (χ4v) is 3.31. The smallest absolute Gasteiger partial charge is 0.330 e. The van der Waals surface area contributed by atoms with E-state index in [1.165, 1.54) is 0 Å². The molecule has 2 N–H and O–H groups in total. The van der Waals surface area contributed by atoms with Gasteiger partial charge in [0.2, 0.25) is 5.91 Å². The van der Waals surface area contributed by atoms with E-state index in [2.05, 4.69) is 5.32 Å². The molecule has 6 heteroatoms. The average Bonchev–Trinajstić information content (AvgIpc) is 2.58. The van der Waals surface area contributed by atoms with Crippen LogP contribution in [0, 0.1) is 5.41 Å². The van der Waals surface area contributed by atoms with Crippen LogP contribution in [-0.2, 0) is 25.5 Å². The SMILES string of the molecule is CCOC1CC(NC(=O)COCCc2ccccc2)(C(=O)O)C1(C)C. The lowest BCUT2D eigenvalue weighted by Gasteiger charge is -2.58. The van der Waals surface area contributed by atoms with Gasteiger partial charge in [-0.2, -0.15) is 0 Å². The van der Waals surface area contributed by atoms with E-state index in [1.807, 2.05) is 51.1 Å². The summed E-state index contributed by atoms with van der Waals surface area (Å²) in [5.41, 5.74) is -0.870. The Morgan fingerprint density at radius 1 is 1.28 bits per heavy atom. The van der Waals surface area contributed by atoms with Gasteiger partial charge in [-0.15, -0.1) is 0 Å². The molecule has 138 valence electrons. The molecule has 2 atom stereocenters. The van der Waals surface area contributed by atoms with E-state index in [0.29, 0.717) is 19.6 Å². The molecule has 0 heterocycles. The van der Waals surface area contributed by atoms with Crippen LogP contribution in [0.2, 0.25) is 0 Å². The molecule has 2 unspecified atom stereocenters. The molecule has 0 aromatic heterocycles. The van der Waals surface area contributed by atoms with E-state index in [9.17, 15) is 14.7 Å². The topological polar surface area (TPSA) is 84.9 Å². The minimum atomic E-state index is -1.31. The van der Waals surface area contributed by atoms with Crippen molar-refractivity contribution in [3.05, 3.63) is 35.9 Å². The number of nitrogens with one attached hydrogen (secondary N) is 1. The molecule has 6 nitrogen and oxygen atoms in total. The van der Waals surface area contributed by atoms with Gasteiger partial charge in [0.15, 0.2) is 0 Å². The fraction of sp³-hybridized carbons (Fsp3) is 0.579. The Morgan fingerprint density at radius 3 is 2.52 bits per heavy atom. The van der Waals surface area contributed by atoms with Crippen LogP contribution >= 0.6 is 0 Å². The zero-order chi connectivity index (χ0) is 18.5. The normalized spacial score (nSPS) is 24.4. The minimum Gasteiger partial charge on any atom is -0.479 e. The number of benzene rings is 1. The van der Waals surface area contributed by atoms with Crippen LogP contribution in [0.25, 0.3) is 0 Å². The molecule has 1 aromatic carbocycles. The molecular formula is C19H27NO5. The maximum Gasteiger partial charge on any atom is 0.330 e. The van der Waals surface area contributed by atoms with Crippen molar-refractivity contribution in [2.24, 2.45) is 5.41 Å². The monoisotopic (exact) mass is 349 g/mol. The summed E-state index contributed by atoms with van der Waals surface area (Å²) in [6.45, 7) is 6.25. The predicted octanol–water partition coefficient (Wildman–Crippen LogP) is 2.02. The Balaban J connectivity index is 1.84. The van der Waals surface area contributed by atoms with Crippen molar-refractivity contribution in [2.75, 3.05) is 19.8 Å². The van der Waals surface area contributed by atoms with Crippen LogP contribution in [-0.4, -0.2) is 48.4 Å². The van der Waals surface area contributed by atoms with Crippen molar-refractivity contribution >= 4 is 11.9 Å². The maximum atomic E-state index is 12.2. The molecule has 2 rings (SSSR count). The number of hydrogen-bond acceptors (Lipinski definition) is 4. The largest absolute Gasteiger partial charge is 0.479 e. The molecular weight excluding hydrogens is 322 g/mol. The van der Waals surface area contributed by atoms with Crippen LogP contribution in [0.15, 0.2) is 30.3 Å². The van der Waals surface area contributed by atoms with Crippen LogP contribution < -0.4 is 5.32 Å². The zero-order valence-electron chi connectivity index (χ0n) is 15.1. The quantitative estimate of drug-likeness (QED) is 0.666. The highest BCUT2D eigenvalue weighted by molar-refractivity contribution is 5.89. The first-order valence-corrected chi connectivity index (χ1v) is 8.61. The second kappa shape index (κ2) is 7.97. The van der Waals surface area contributed by atoms with Gasteiger partial charge >= 0.3 is 5.97 Å². The number of amides is 1. The fourth-order valence-electron chi connectivity index (χ4n) is 3.31. The van der Waals surface area contributed by atoms with Gasteiger partial charge in [0.25, 0.3) is 0 Å². The Bertz CT molecular complexity index is 601. The van der Waals surface area contributed by atoms with E-state index in [4.69, 9.17) is 9.47 Å². The number of ether oxygens (including phenoxy) is 2. The van der Waals surface area contributed by atoms with Crippen LogP contribution in [0.4, 0.5) is 0 Å². The summed E-state index contributed by atoms with van der Waals surface area (Å²) in [5, 5.41) is 12.3. The van der Waals surface area contributed by atoms with Crippen molar-refractivity contribution in [3.63, 3.8) is 0 Å². The molecule has 1 aromatic rings. The summed E-state index contributed by atoms with van der Waals surface area (Å²) >= 11 is 0. The van der Waals surface area contributed by atoms with E-state index in [0.717, 1.165) is 5.56 Å². The van der Waals surface area contributed by atoms with Gasteiger partial charge in [-0.05, 0) is 18.9 Å². The number of hydrogen-bond donors (Lipinski definition) is 2. The van der Waals surface area contributed by atoms with Crippen molar-refractivity contribution in [3.8, 4) is 0 Å². The van der Waals surface area contributed by atoms with Gasteiger partial charge in [0, 0.05) is 18.4 Å². The highest BCUT2D eigenvalue weighted by Crippen LogP contribution is 2.51. The Morgan fingerprint density at radius 2 is 1.96 bits per heavy atom. The van der Waals surface area contributed by atoms with Crippen LogP contribution in [0.3, 0.4) is 0 Å². The maximum absolute atomic E-state index is 12.2. The van der Waals surface area contributed by atoms with Crippen molar-refractivity contribution in [1.29, 1.82) is 0 Å². The summed E-state index contributed by atoms with van der Waals surface area (Å²) in [6.07, 6.45) is 0.780. The van der Waals surface area contributed by atoms with Crippen LogP contribution in [0.5, 0.6) is 0 Å². The first-order valence-electron chi connectivity index (χ1n) is 8.61. The molecule has 0 saturated heterocycles. The third kappa shape index (κ3) is 4.02. The number of rotatable bonds is 9. The lowest BCUT2D eigenvalue weighted by atomic mass is 9.54. The summed E-state index contributed by atoms with van der Waals surface area (Å²) < 4.78 is 11.0. The Labute approximate surface area is 148 Å². The third-order valence-electron chi connectivity index (χ3n) is 5.09. The van der Waals surface area contributed by atoms with E-state index in [-0.39, 0.29) is 19.1 Å². The highest BCUT2D eigenvalue weighted by atomic mass is 16.5. The summed E-state index contributed by atoms with van der Waals surface area (Å²) in [5.74, 6) is -1.45. The van der Waals surface area contributed by atoms with Crippen molar-refractivity contribution < 1.29 is 24.2 Å². The zero-order valence-corrected chi connectivity index (χ0v) is 15.1. The highest BCUT2D eigenvalue weighted by Gasteiger charge is 2.66. The molecule has 1 amide bonds. The molecule has 1 aliphatic carbocycles. The molecule has 0 bridgehead atoms. The lowest BCUT2D eigenvalue weighted by Crippen LogP contribution is -2.76. The van der Waals surface area contributed by atoms with E-state index >= 15 is 0 Å². The minimum absolute atomic E-state index is 0.156. The second-order valence-corrected chi connectivity index (χ2v) is 6.92. The van der Waals surface area contributed by atoms with Gasteiger partial charge in [0.05, 0.1) is 12.7 Å². The number of carbonyl (C=O) groups excluding carboxylic acids is 1. The molecule has 1 aliphatic rings. The molecule has 0 aliphatic heterocycles. The summed E-state index contributed by atoms with van der Waals surface area (Å²) in [4.78, 5) is 24.0. The lowest BCUT2D eigenvalue weighted by molar-refractivity contribution is -0.195.